The van der Waals surface area contributed by atoms with Crippen molar-refractivity contribution in [1.82, 2.24) is 5.32 Å². The molecule has 0 spiro atoms. The van der Waals surface area contributed by atoms with Gasteiger partial charge in [-0.1, -0.05) is 12.1 Å². The molecule has 1 aromatic carbocycles. The maximum Gasteiger partial charge on any atom is 0.261 e. The summed E-state index contributed by atoms with van der Waals surface area (Å²) in [6, 6.07) is 8.60. The first kappa shape index (κ1) is 15.6. The second-order valence-corrected chi connectivity index (χ2v) is 6.56. The van der Waals surface area contributed by atoms with Crippen molar-refractivity contribution in [3.63, 3.8) is 0 Å². The van der Waals surface area contributed by atoms with Crippen LogP contribution >= 0.6 is 11.3 Å². The summed E-state index contributed by atoms with van der Waals surface area (Å²) in [5.41, 5.74) is 8.61. The maximum atomic E-state index is 12.8. The second-order valence-electron chi connectivity index (χ2n) is 5.61. The molecule has 5 nitrogen and oxygen atoms in total. The molecule has 1 aliphatic heterocycles. The number of fused-ring (bicyclic) bond motifs is 1. The minimum atomic E-state index is -0.586. The van der Waals surface area contributed by atoms with Gasteiger partial charge in [0.25, 0.3) is 5.91 Å². The van der Waals surface area contributed by atoms with E-state index in [2.05, 4.69) is 5.32 Å². The van der Waals surface area contributed by atoms with Crippen LogP contribution < -0.4 is 16.0 Å². The van der Waals surface area contributed by atoms with Crippen LogP contribution in [0, 0.1) is 0 Å². The van der Waals surface area contributed by atoms with E-state index < -0.39 is 6.04 Å². The average Bonchev–Trinajstić information content (AvgIpc) is 3.08. The van der Waals surface area contributed by atoms with Crippen LogP contribution in [0.5, 0.6) is 0 Å². The van der Waals surface area contributed by atoms with Gasteiger partial charge in [-0.05, 0) is 48.9 Å². The van der Waals surface area contributed by atoms with Crippen molar-refractivity contribution in [2.75, 3.05) is 17.2 Å². The van der Waals surface area contributed by atoms with E-state index >= 15 is 0 Å². The zero-order chi connectivity index (χ0) is 16.4. The number of rotatable bonds is 3. The Bertz CT molecular complexity index is 727. The Balaban J connectivity index is 1.76. The predicted molar refractivity (Wildman–Crippen MR) is 92.8 cm³/mol. The third-order valence-electron chi connectivity index (χ3n) is 4.02. The molecule has 2 heterocycles. The number of nitrogens with zero attached hydrogens (tertiary/aromatic N) is 1. The molecule has 3 rings (SSSR count). The fourth-order valence-corrected chi connectivity index (χ4v) is 3.48. The number of anilines is 2. The molecule has 1 unspecified atom stereocenters. The van der Waals surface area contributed by atoms with Gasteiger partial charge < -0.3 is 16.0 Å². The lowest BCUT2D eigenvalue weighted by Crippen LogP contribution is -2.48. The van der Waals surface area contributed by atoms with Gasteiger partial charge in [0, 0.05) is 17.9 Å². The van der Waals surface area contributed by atoms with E-state index in [9.17, 15) is 9.59 Å². The number of carbonyl (C=O) groups is 2. The smallest absolute Gasteiger partial charge is 0.261 e. The maximum absolute atomic E-state index is 12.8. The number of carbonyl (C=O) groups excluding carboxylic acids is 2. The second kappa shape index (κ2) is 6.42. The first-order valence-electron chi connectivity index (χ1n) is 7.61. The van der Waals surface area contributed by atoms with Crippen molar-refractivity contribution in [3.05, 3.63) is 46.2 Å². The Kier molecular flexibility index (Phi) is 4.34. The molecule has 2 amide bonds. The van der Waals surface area contributed by atoms with Crippen LogP contribution in [-0.2, 0) is 11.2 Å². The SMILES string of the molecule is CC(NC(=O)c1cccs1)C(=O)N1CCCc2c(N)cccc21. The quantitative estimate of drug-likeness (QED) is 0.849. The fourth-order valence-electron chi connectivity index (χ4n) is 2.85. The molecule has 1 atom stereocenters. The highest BCUT2D eigenvalue weighted by atomic mass is 32.1. The summed E-state index contributed by atoms with van der Waals surface area (Å²) in [6.45, 7) is 2.36. The van der Waals surface area contributed by atoms with Crippen LogP contribution in [0.2, 0.25) is 0 Å². The number of hydrogen-bond donors (Lipinski definition) is 2. The van der Waals surface area contributed by atoms with E-state index in [-0.39, 0.29) is 11.8 Å². The zero-order valence-corrected chi connectivity index (χ0v) is 13.7. The van der Waals surface area contributed by atoms with Crippen LogP contribution in [-0.4, -0.2) is 24.4 Å². The summed E-state index contributed by atoms with van der Waals surface area (Å²) in [7, 11) is 0. The summed E-state index contributed by atoms with van der Waals surface area (Å²) in [6.07, 6.45) is 1.75. The predicted octanol–water partition coefficient (Wildman–Crippen LogP) is 2.43. The van der Waals surface area contributed by atoms with Crippen LogP contribution in [0.25, 0.3) is 0 Å². The largest absolute Gasteiger partial charge is 0.398 e. The molecular weight excluding hydrogens is 310 g/mol. The summed E-state index contributed by atoms with van der Waals surface area (Å²) in [5, 5.41) is 4.61. The number of thiophene rings is 1. The van der Waals surface area contributed by atoms with Crippen LogP contribution in [0.15, 0.2) is 35.7 Å². The van der Waals surface area contributed by atoms with Gasteiger partial charge in [0.05, 0.1) is 4.88 Å². The highest BCUT2D eigenvalue weighted by Gasteiger charge is 2.28. The Morgan fingerprint density at radius 2 is 2.13 bits per heavy atom. The summed E-state index contributed by atoms with van der Waals surface area (Å²) < 4.78 is 0. The van der Waals surface area contributed by atoms with Crippen molar-refractivity contribution in [1.29, 1.82) is 0 Å². The molecule has 1 aliphatic rings. The third kappa shape index (κ3) is 3.07. The van der Waals surface area contributed by atoms with Gasteiger partial charge in [0.2, 0.25) is 5.91 Å². The molecule has 0 fully saturated rings. The number of nitrogens with two attached hydrogens (primary N) is 1. The number of amides is 2. The molecule has 6 heteroatoms. The Morgan fingerprint density at radius 1 is 1.30 bits per heavy atom. The number of nitrogens with one attached hydrogen (secondary N) is 1. The van der Waals surface area contributed by atoms with E-state index in [0.717, 1.165) is 29.8 Å². The molecule has 0 saturated carbocycles. The molecule has 3 N–H and O–H groups in total. The van der Waals surface area contributed by atoms with Gasteiger partial charge in [-0.2, -0.15) is 0 Å². The van der Waals surface area contributed by atoms with Crippen LogP contribution in [0.4, 0.5) is 11.4 Å². The molecule has 0 aliphatic carbocycles. The molecule has 0 saturated heterocycles. The minimum absolute atomic E-state index is 0.110. The molecule has 120 valence electrons. The van der Waals surface area contributed by atoms with Crippen molar-refractivity contribution in [2.45, 2.75) is 25.8 Å². The van der Waals surface area contributed by atoms with Gasteiger partial charge in [0.1, 0.15) is 6.04 Å². The van der Waals surface area contributed by atoms with Crippen molar-refractivity contribution in [2.24, 2.45) is 0 Å². The summed E-state index contributed by atoms with van der Waals surface area (Å²) in [5.74, 6) is -0.327. The first-order chi connectivity index (χ1) is 11.1. The Labute approximate surface area is 139 Å². The van der Waals surface area contributed by atoms with Crippen molar-refractivity contribution >= 4 is 34.5 Å². The van der Waals surface area contributed by atoms with Gasteiger partial charge in [-0.3, -0.25) is 9.59 Å². The van der Waals surface area contributed by atoms with E-state index in [1.807, 2.05) is 29.6 Å². The highest BCUT2D eigenvalue weighted by Crippen LogP contribution is 2.31. The van der Waals surface area contributed by atoms with Crippen LogP contribution in [0.1, 0.15) is 28.6 Å². The Morgan fingerprint density at radius 3 is 2.87 bits per heavy atom. The van der Waals surface area contributed by atoms with Gasteiger partial charge in [-0.25, -0.2) is 0 Å². The summed E-state index contributed by atoms with van der Waals surface area (Å²) in [4.78, 5) is 27.2. The lowest BCUT2D eigenvalue weighted by Gasteiger charge is -2.32. The van der Waals surface area contributed by atoms with Crippen molar-refractivity contribution < 1.29 is 9.59 Å². The Hall–Kier alpha value is -2.34. The highest BCUT2D eigenvalue weighted by molar-refractivity contribution is 7.12. The fraction of sp³-hybridized carbons (Fsp3) is 0.294. The van der Waals surface area contributed by atoms with E-state index in [4.69, 9.17) is 5.73 Å². The number of nitrogen functional groups attached to an aromatic ring is 1. The zero-order valence-electron chi connectivity index (χ0n) is 12.9. The molecular formula is C17H19N3O2S. The molecule has 0 radical (unpaired) electrons. The van der Waals surface area contributed by atoms with E-state index in [0.29, 0.717) is 11.4 Å². The van der Waals surface area contributed by atoms with Gasteiger partial charge in [-0.15, -0.1) is 11.3 Å². The molecule has 2 aromatic rings. The number of benzene rings is 1. The molecule has 0 bridgehead atoms. The minimum Gasteiger partial charge on any atom is -0.398 e. The van der Waals surface area contributed by atoms with Gasteiger partial charge >= 0.3 is 0 Å². The normalized spacial score (nSPS) is 14.9. The molecule has 1 aromatic heterocycles. The topological polar surface area (TPSA) is 75.4 Å². The average molecular weight is 329 g/mol. The lowest BCUT2D eigenvalue weighted by atomic mass is 9.99. The van der Waals surface area contributed by atoms with Crippen molar-refractivity contribution in [3.8, 4) is 0 Å². The molecule has 23 heavy (non-hydrogen) atoms. The monoisotopic (exact) mass is 329 g/mol. The first-order valence-corrected chi connectivity index (χ1v) is 8.49. The van der Waals surface area contributed by atoms with E-state index in [1.54, 1.807) is 17.9 Å². The standard InChI is InChI=1S/C17H19N3O2S/c1-11(19-16(21)15-8-4-10-23-15)17(22)20-9-3-5-12-13(18)6-2-7-14(12)20/h2,4,6-8,10-11H,3,5,9,18H2,1H3,(H,19,21). The van der Waals surface area contributed by atoms with E-state index in [1.165, 1.54) is 11.3 Å². The van der Waals surface area contributed by atoms with Gasteiger partial charge in [0.15, 0.2) is 0 Å². The summed E-state index contributed by atoms with van der Waals surface area (Å²) >= 11 is 1.36. The van der Waals surface area contributed by atoms with Crippen LogP contribution in [0.3, 0.4) is 0 Å². The third-order valence-corrected chi connectivity index (χ3v) is 4.88. The number of hydrogen-bond acceptors (Lipinski definition) is 4. The lowest BCUT2D eigenvalue weighted by molar-refractivity contribution is -0.120.